The maximum atomic E-state index is 13.2. The standard InChI is InChI=1S/C19H17Cl2F6N3O5S3/c1-36-5-4-16(17(31)28-30-38(34,35)12-2-3-14(20)15(21)9-12)29-37(32,33)13-7-10(18(22,23)24)6-11(8-13)19(25,26)27/h2-3,6-9,16,29-30H,4-5H2,1H3,(H,28,31)/t16-/m0/s1. The van der Waals surface area contributed by atoms with Crippen molar-refractivity contribution in [2.24, 2.45) is 0 Å². The van der Waals surface area contributed by atoms with Crippen molar-refractivity contribution < 1.29 is 48.0 Å². The van der Waals surface area contributed by atoms with Crippen LogP contribution < -0.4 is 15.0 Å². The summed E-state index contributed by atoms with van der Waals surface area (Å²) in [6.07, 6.45) is -9.38. The van der Waals surface area contributed by atoms with Crippen molar-refractivity contribution in [3.8, 4) is 0 Å². The molecule has 2 aromatic rings. The van der Waals surface area contributed by atoms with Crippen molar-refractivity contribution in [2.75, 3.05) is 12.0 Å². The fraction of sp³-hybridized carbons (Fsp3) is 0.316. The van der Waals surface area contributed by atoms with Crippen LogP contribution in [0, 0.1) is 0 Å². The van der Waals surface area contributed by atoms with Crippen LogP contribution in [-0.2, 0) is 37.2 Å². The van der Waals surface area contributed by atoms with E-state index >= 15 is 0 Å². The highest BCUT2D eigenvalue weighted by Crippen LogP contribution is 2.37. The van der Waals surface area contributed by atoms with E-state index in [0.29, 0.717) is 0 Å². The number of amides is 1. The highest BCUT2D eigenvalue weighted by Gasteiger charge is 2.39. The number of benzene rings is 2. The molecule has 212 valence electrons. The smallest absolute Gasteiger partial charge is 0.276 e. The van der Waals surface area contributed by atoms with Crippen molar-refractivity contribution in [3.63, 3.8) is 0 Å². The summed E-state index contributed by atoms with van der Waals surface area (Å²) in [4.78, 5) is 12.5. The van der Waals surface area contributed by atoms with Crippen molar-refractivity contribution in [1.29, 1.82) is 0 Å². The Balaban J connectivity index is 2.35. The average Bonchev–Trinajstić information content (AvgIpc) is 2.80. The van der Waals surface area contributed by atoms with Gasteiger partial charge >= 0.3 is 12.4 Å². The van der Waals surface area contributed by atoms with Crippen molar-refractivity contribution in [2.45, 2.75) is 34.6 Å². The zero-order chi connectivity index (χ0) is 29.1. The van der Waals surface area contributed by atoms with E-state index in [-0.39, 0.29) is 40.4 Å². The fourth-order valence-electron chi connectivity index (χ4n) is 2.72. The molecule has 0 aliphatic carbocycles. The van der Waals surface area contributed by atoms with Gasteiger partial charge in [0, 0.05) is 0 Å². The Morgan fingerprint density at radius 1 is 0.868 bits per heavy atom. The molecule has 0 spiro atoms. The monoisotopic (exact) mass is 647 g/mol. The van der Waals surface area contributed by atoms with Crippen LogP contribution in [0.2, 0.25) is 10.0 Å². The van der Waals surface area contributed by atoms with E-state index in [9.17, 15) is 48.0 Å². The first-order chi connectivity index (χ1) is 17.3. The van der Waals surface area contributed by atoms with Crippen LogP contribution in [0.3, 0.4) is 0 Å². The molecule has 3 N–H and O–H groups in total. The van der Waals surface area contributed by atoms with Crippen LogP contribution >= 0.6 is 35.0 Å². The minimum Gasteiger partial charge on any atom is -0.276 e. The SMILES string of the molecule is CSCC[C@H](NS(=O)(=O)c1cc(C(F)(F)F)cc(C(F)(F)F)c1)C(=O)NNS(=O)(=O)c1ccc(Cl)c(Cl)c1. The van der Waals surface area contributed by atoms with E-state index < -0.39 is 65.3 Å². The molecule has 38 heavy (non-hydrogen) atoms. The summed E-state index contributed by atoms with van der Waals surface area (Å²) in [6, 6.07) is 1.06. The van der Waals surface area contributed by atoms with Crippen LogP contribution in [0.25, 0.3) is 0 Å². The Morgan fingerprint density at radius 3 is 1.89 bits per heavy atom. The number of sulfonamides is 2. The lowest BCUT2D eigenvalue weighted by Crippen LogP contribution is -2.52. The summed E-state index contributed by atoms with van der Waals surface area (Å²) in [5, 5.41) is -0.102. The minimum absolute atomic E-state index is 0.0197. The molecule has 0 unspecified atom stereocenters. The first kappa shape index (κ1) is 32.5. The summed E-state index contributed by atoms with van der Waals surface area (Å²) < 4.78 is 131. The molecule has 0 bridgehead atoms. The molecule has 0 aromatic heterocycles. The molecule has 0 fully saturated rings. The third-order valence-electron chi connectivity index (χ3n) is 4.61. The third-order valence-corrected chi connectivity index (χ3v) is 8.69. The van der Waals surface area contributed by atoms with Gasteiger partial charge in [0.25, 0.3) is 15.9 Å². The second-order valence-corrected chi connectivity index (χ2v) is 12.6. The molecule has 1 amide bonds. The van der Waals surface area contributed by atoms with Gasteiger partial charge in [-0.3, -0.25) is 10.2 Å². The van der Waals surface area contributed by atoms with E-state index in [1.807, 2.05) is 0 Å². The van der Waals surface area contributed by atoms with E-state index in [4.69, 9.17) is 23.2 Å². The lowest BCUT2D eigenvalue weighted by molar-refractivity contribution is -0.143. The van der Waals surface area contributed by atoms with E-state index in [2.05, 4.69) is 0 Å². The summed E-state index contributed by atoms with van der Waals surface area (Å²) in [6.45, 7) is 0. The van der Waals surface area contributed by atoms with E-state index in [1.54, 1.807) is 21.2 Å². The first-order valence-corrected chi connectivity index (χ1v) is 15.0. The topological polar surface area (TPSA) is 121 Å². The number of nitrogens with one attached hydrogen (secondary N) is 3. The van der Waals surface area contributed by atoms with Crippen LogP contribution in [0.5, 0.6) is 0 Å². The highest BCUT2D eigenvalue weighted by molar-refractivity contribution is 7.98. The third kappa shape index (κ3) is 8.62. The summed E-state index contributed by atoms with van der Waals surface area (Å²) in [5.74, 6) is -1.20. The molecular formula is C19H17Cl2F6N3O5S3. The Hall–Kier alpha value is -1.76. The van der Waals surface area contributed by atoms with Gasteiger partial charge in [0.15, 0.2) is 0 Å². The normalized spacial score (nSPS) is 13.8. The average molecular weight is 648 g/mol. The van der Waals surface area contributed by atoms with Gasteiger partial charge in [0.1, 0.15) is 6.04 Å². The predicted octanol–water partition coefficient (Wildman–Crippen LogP) is 4.44. The Morgan fingerprint density at radius 2 is 1.42 bits per heavy atom. The number of halogens is 8. The number of hydrazine groups is 1. The molecule has 19 heteroatoms. The summed E-state index contributed by atoms with van der Waals surface area (Å²) >= 11 is 12.6. The Labute approximate surface area is 227 Å². The van der Waals surface area contributed by atoms with Crippen molar-refractivity contribution >= 4 is 60.9 Å². The molecule has 0 saturated heterocycles. The number of hydrogen-bond acceptors (Lipinski definition) is 6. The van der Waals surface area contributed by atoms with Gasteiger partial charge in [-0.1, -0.05) is 23.2 Å². The lowest BCUT2D eigenvalue weighted by Gasteiger charge is -2.20. The maximum Gasteiger partial charge on any atom is 0.416 e. The summed E-state index contributed by atoms with van der Waals surface area (Å²) in [5.41, 5.74) is -2.00. The number of rotatable bonds is 10. The number of carbonyl (C=O) groups is 1. The number of hydrogen-bond donors (Lipinski definition) is 3. The van der Waals surface area contributed by atoms with Gasteiger partial charge in [-0.2, -0.15) is 42.8 Å². The van der Waals surface area contributed by atoms with E-state index in [0.717, 1.165) is 30.0 Å². The first-order valence-electron chi connectivity index (χ1n) is 9.85. The number of carbonyl (C=O) groups excluding carboxylic acids is 1. The van der Waals surface area contributed by atoms with Gasteiger partial charge in [-0.05, 0) is 54.8 Å². The van der Waals surface area contributed by atoms with Crippen LogP contribution in [0.1, 0.15) is 17.5 Å². The number of alkyl halides is 6. The van der Waals surface area contributed by atoms with Crippen molar-refractivity contribution in [1.82, 2.24) is 15.0 Å². The minimum atomic E-state index is -5.32. The lowest BCUT2D eigenvalue weighted by atomic mass is 10.1. The maximum absolute atomic E-state index is 13.2. The fourth-order valence-corrected chi connectivity index (χ4v) is 5.73. The van der Waals surface area contributed by atoms with Gasteiger partial charge in [0.05, 0.1) is 31.0 Å². The van der Waals surface area contributed by atoms with Gasteiger partial charge in [-0.25, -0.2) is 16.8 Å². The molecule has 2 aromatic carbocycles. The molecular weight excluding hydrogens is 631 g/mol. The summed E-state index contributed by atoms with van der Waals surface area (Å²) in [7, 11) is -9.59. The molecule has 0 radical (unpaired) electrons. The Kier molecular flexibility index (Phi) is 10.4. The largest absolute Gasteiger partial charge is 0.416 e. The van der Waals surface area contributed by atoms with Crippen LogP contribution in [-0.4, -0.2) is 40.8 Å². The van der Waals surface area contributed by atoms with E-state index in [1.165, 1.54) is 0 Å². The molecule has 0 heterocycles. The molecule has 0 aliphatic heterocycles. The van der Waals surface area contributed by atoms with Gasteiger partial charge in [-0.15, -0.1) is 4.83 Å². The van der Waals surface area contributed by atoms with Gasteiger partial charge in [0.2, 0.25) is 10.0 Å². The molecule has 0 saturated carbocycles. The van der Waals surface area contributed by atoms with Gasteiger partial charge < -0.3 is 0 Å². The van der Waals surface area contributed by atoms with Crippen LogP contribution in [0.15, 0.2) is 46.2 Å². The van der Waals surface area contributed by atoms with Crippen LogP contribution in [0.4, 0.5) is 26.3 Å². The second kappa shape index (κ2) is 12.2. The Bertz CT molecular complexity index is 1370. The molecule has 1 atom stereocenters. The molecule has 0 aliphatic rings. The predicted molar refractivity (Wildman–Crippen MR) is 128 cm³/mol. The molecule has 2 rings (SSSR count). The number of thioether (sulfide) groups is 1. The second-order valence-electron chi connectivity index (χ2n) is 7.37. The molecule has 8 nitrogen and oxygen atoms in total. The highest BCUT2D eigenvalue weighted by atomic mass is 35.5. The van der Waals surface area contributed by atoms with Crippen molar-refractivity contribution in [3.05, 3.63) is 57.6 Å². The zero-order valence-corrected chi connectivity index (χ0v) is 22.7. The quantitative estimate of drug-likeness (QED) is 0.259. The zero-order valence-electron chi connectivity index (χ0n) is 18.7.